The number of rotatable bonds is 7. The largest absolute Gasteiger partial charge is 0.573 e. The molecular weight excluding hydrogens is 407 g/mol. The predicted octanol–water partition coefficient (Wildman–Crippen LogP) is 3.00. The molecule has 158 valence electrons. The Kier molecular flexibility index (Phi) is 7.49. The van der Waals surface area contributed by atoms with Gasteiger partial charge in [-0.2, -0.15) is 0 Å². The van der Waals surface area contributed by atoms with Gasteiger partial charge in [0.05, 0.1) is 5.75 Å². The van der Waals surface area contributed by atoms with Crippen molar-refractivity contribution in [2.45, 2.75) is 25.2 Å². The molecule has 0 saturated heterocycles. The van der Waals surface area contributed by atoms with Crippen molar-refractivity contribution in [3.05, 3.63) is 65.2 Å². The third kappa shape index (κ3) is 8.43. The summed E-state index contributed by atoms with van der Waals surface area (Å²) in [6.07, 6.45) is -3.59. The minimum absolute atomic E-state index is 0.0245. The summed E-state index contributed by atoms with van der Waals surface area (Å²) in [7, 11) is -1.55. The molecule has 0 bridgehead atoms. The minimum atomic E-state index is -4.76. The number of sulfone groups is 1. The van der Waals surface area contributed by atoms with E-state index in [0.29, 0.717) is 23.6 Å². The third-order valence-electron chi connectivity index (χ3n) is 3.78. The Morgan fingerprint density at radius 2 is 1.59 bits per heavy atom. The lowest BCUT2D eigenvalue weighted by Gasteiger charge is -2.15. The second-order valence-corrected chi connectivity index (χ2v) is 8.46. The van der Waals surface area contributed by atoms with Crippen LogP contribution in [0.1, 0.15) is 16.7 Å². The fourth-order valence-corrected chi connectivity index (χ4v) is 3.31. The number of alkyl halides is 3. The maximum atomic E-state index is 12.5. The maximum absolute atomic E-state index is 12.5. The molecule has 0 fully saturated rings. The van der Waals surface area contributed by atoms with E-state index in [2.05, 4.69) is 20.4 Å². The average Bonchev–Trinajstić information content (AvgIpc) is 2.62. The lowest BCUT2D eigenvalue weighted by atomic mass is 10.1. The summed E-state index contributed by atoms with van der Waals surface area (Å²) >= 11 is 0. The highest BCUT2D eigenvalue weighted by Gasteiger charge is 2.31. The summed E-state index contributed by atoms with van der Waals surface area (Å²) in [5.74, 6) is 0.0972. The van der Waals surface area contributed by atoms with E-state index in [-0.39, 0.29) is 18.0 Å². The van der Waals surface area contributed by atoms with Crippen LogP contribution < -0.4 is 15.4 Å². The predicted molar refractivity (Wildman–Crippen MR) is 105 cm³/mol. The van der Waals surface area contributed by atoms with E-state index >= 15 is 0 Å². The first-order chi connectivity index (χ1) is 13.6. The Morgan fingerprint density at radius 1 is 1.00 bits per heavy atom. The van der Waals surface area contributed by atoms with E-state index in [4.69, 9.17) is 0 Å². The Bertz CT molecular complexity index is 943. The molecule has 29 heavy (non-hydrogen) atoms. The summed E-state index contributed by atoms with van der Waals surface area (Å²) in [6, 6.07) is 12.9. The molecular formula is C19H22F3N3O3S. The zero-order valence-corrected chi connectivity index (χ0v) is 16.8. The van der Waals surface area contributed by atoms with Crippen LogP contribution in [0.15, 0.2) is 53.5 Å². The molecule has 0 amide bonds. The Hall–Kier alpha value is -2.75. The van der Waals surface area contributed by atoms with Gasteiger partial charge in [0, 0.05) is 32.0 Å². The molecule has 0 spiro atoms. The quantitative estimate of drug-likeness (QED) is 0.523. The number of guanidine groups is 1. The smallest absolute Gasteiger partial charge is 0.405 e. The van der Waals surface area contributed by atoms with Gasteiger partial charge in [0.25, 0.3) is 0 Å². The van der Waals surface area contributed by atoms with Crippen molar-refractivity contribution < 1.29 is 26.3 Å². The molecule has 2 N–H and O–H groups in total. The van der Waals surface area contributed by atoms with Gasteiger partial charge in [0.2, 0.25) is 0 Å². The Morgan fingerprint density at radius 3 is 2.17 bits per heavy atom. The van der Waals surface area contributed by atoms with E-state index in [1.165, 1.54) is 24.5 Å². The molecule has 0 radical (unpaired) electrons. The number of hydrogen-bond donors (Lipinski definition) is 2. The summed E-state index contributed by atoms with van der Waals surface area (Å²) in [5, 5.41) is 5.99. The number of aliphatic imine (C=N–C) groups is 1. The standard InChI is InChI=1S/C19H22F3N3O3S/c1-23-18(24-11-14-7-9-15(10-8-14)13-29(2,26)27)25-12-16-5-3-4-6-17(16)28-19(20,21)22/h3-10H,11-13H2,1-2H3,(H2,23,24,25). The first-order valence-electron chi connectivity index (χ1n) is 8.59. The molecule has 0 aromatic heterocycles. The van der Waals surface area contributed by atoms with Gasteiger partial charge < -0.3 is 15.4 Å². The van der Waals surface area contributed by atoms with E-state index in [1.807, 2.05) is 0 Å². The number of nitrogens with zero attached hydrogens (tertiary/aromatic N) is 1. The number of nitrogens with one attached hydrogen (secondary N) is 2. The molecule has 2 rings (SSSR count). The molecule has 6 nitrogen and oxygen atoms in total. The van der Waals surface area contributed by atoms with Gasteiger partial charge in [-0.15, -0.1) is 13.2 Å². The van der Waals surface area contributed by atoms with Crippen molar-refractivity contribution in [1.82, 2.24) is 10.6 Å². The van der Waals surface area contributed by atoms with Crippen LogP contribution >= 0.6 is 0 Å². The van der Waals surface area contributed by atoms with Crippen LogP contribution in [-0.2, 0) is 28.7 Å². The first kappa shape index (κ1) is 22.5. The Balaban J connectivity index is 1.92. The number of halogens is 3. The molecule has 2 aromatic rings. The van der Waals surface area contributed by atoms with Crippen molar-refractivity contribution in [3.8, 4) is 5.75 Å². The van der Waals surface area contributed by atoms with Crippen LogP contribution in [-0.4, -0.2) is 34.0 Å². The maximum Gasteiger partial charge on any atom is 0.573 e. The van der Waals surface area contributed by atoms with Gasteiger partial charge in [-0.1, -0.05) is 42.5 Å². The van der Waals surface area contributed by atoms with Gasteiger partial charge in [0.1, 0.15) is 5.75 Å². The lowest BCUT2D eigenvalue weighted by molar-refractivity contribution is -0.274. The van der Waals surface area contributed by atoms with Crippen molar-refractivity contribution in [2.75, 3.05) is 13.3 Å². The average molecular weight is 429 g/mol. The van der Waals surface area contributed by atoms with Crippen molar-refractivity contribution in [1.29, 1.82) is 0 Å². The molecule has 0 heterocycles. The van der Waals surface area contributed by atoms with Gasteiger partial charge in [-0.25, -0.2) is 8.42 Å². The van der Waals surface area contributed by atoms with Crippen molar-refractivity contribution in [2.24, 2.45) is 4.99 Å². The summed E-state index contributed by atoms with van der Waals surface area (Å²) < 4.78 is 64.2. The van der Waals surface area contributed by atoms with E-state index in [1.54, 1.807) is 37.4 Å². The topological polar surface area (TPSA) is 79.8 Å². The lowest BCUT2D eigenvalue weighted by Crippen LogP contribution is -2.36. The number of benzene rings is 2. The van der Waals surface area contributed by atoms with Gasteiger partial charge in [-0.05, 0) is 17.2 Å². The van der Waals surface area contributed by atoms with Crippen LogP contribution in [0.4, 0.5) is 13.2 Å². The number of para-hydroxylation sites is 1. The SMILES string of the molecule is CN=C(NCc1ccc(CS(C)(=O)=O)cc1)NCc1ccccc1OC(F)(F)F. The molecule has 0 saturated carbocycles. The van der Waals surface area contributed by atoms with Gasteiger partial charge in [0.15, 0.2) is 15.8 Å². The molecule has 0 aliphatic rings. The van der Waals surface area contributed by atoms with Crippen LogP contribution in [0.25, 0.3) is 0 Å². The third-order valence-corrected chi connectivity index (χ3v) is 4.64. The Labute approximate surface area is 167 Å². The number of ether oxygens (including phenoxy) is 1. The van der Waals surface area contributed by atoms with Crippen LogP contribution in [0, 0.1) is 0 Å². The molecule has 2 aromatic carbocycles. The summed E-state index contributed by atoms with van der Waals surface area (Å²) in [5.41, 5.74) is 1.92. The molecule has 0 aliphatic carbocycles. The second-order valence-electron chi connectivity index (χ2n) is 6.32. The highest BCUT2D eigenvalue weighted by molar-refractivity contribution is 7.89. The zero-order chi connectivity index (χ0) is 21.5. The van der Waals surface area contributed by atoms with Crippen molar-refractivity contribution >= 4 is 15.8 Å². The molecule has 0 atom stereocenters. The van der Waals surface area contributed by atoms with E-state index in [9.17, 15) is 21.6 Å². The normalized spacial score (nSPS) is 12.5. The molecule has 10 heteroatoms. The monoisotopic (exact) mass is 429 g/mol. The fourth-order valence-electron chi connectivity index (χ4n) is 2.52. The number of hydrogen-bond acceptors (Lipinski definition) is 4. The highest BCUT2D eigenvalue weighted by atomic mass is 32.2. The highest BCUT2D eigenvalue weighted by Crippen LogP contribution is 2.26. The first-order valence-corrected chi connectivity index (χ1v) is 10.7. The minimum Gasteiger partial charge on any atom is -0.405 e. The van der Waals surface area contributed by atoms with Gasteiger partial charge >= 0.3 is 6.36 Å². The second kappa shape index (κ2) is 9.64. The van der Waals surface area contributed by atoms with E-state index < -0.39 is 16.2 Å². The van der Waals surface area contributed by atoms with Gasteiger partial charge in [-0.3, -0.25) is 4.99 Å². The van der Waals surface area contributed by atoms with E-state index in [0.717, 1.165) is 5.56 Å². The van der Waals surface area contributed by atoms with Crippen LogP contribution in [0.3, 0.4) is 0 Å². The van der Waals surface area contributed by atoms with Crippen LogP contribution in [0.2, 0.25) is 0 Å². The molecule has 0 aliphatic heterocycles. The van der Waals surface area contributed by atoms with Crippen LogP contribution in [0.5, 0.6) is 5.75 Å². The summed E-state index contributed by atoms with van der Waals surface area (Å²) in [4.78, 5) is 4.04. The fraction of sp³-hybridized carbons (Fsp3) is 0.316. The summed E-state index contributed by atoms with van der Waals surface area (Å²) in [6.45, 7) is 0.485. The molecule has 0 unspecified atom stereocenters. The zero-order valence-electron chi connectivity index (χ0n) is 16.0. The van der Waals surface area contributed by atoms with Crippen molar-refractivity contribution in [3.63, 3.8) is 0 Å².